The number of rotatable bonds is 8. The number of anilines is 1. The van der Waals surface area contributed by atoms with E-state index in [0.29, 0.717) is 28.7 Å². The van der Waals surface area contributed by atoms with Gasteiger partial charge >= 0.3 is 0 Å². The number of carbonyl (C=O) groups is 1. The zero-order valence-electron chi connectivity index (χ0n) is 16.3. The summed E-state index contributed by atoms with van der Waals surface area (Å²) >= 11 is 7.75. The van der Waals surface area contributed by atoms with E-state index in [-0.39, 0.29) is 12.5 Å². The van der Waals surface area contributed by atoms with E-state index < -0.39 is 0 Å². The lowest BCUT2D eigenvalue weighted by Gasteiger charge is -2.14. The fraction of sp³-hybridized carbons (Fsp3) is 0.174. The van der Waals surface area contributed by atoms with E-state index in [1.165, 1.54) is 0 Å². The first-order chi connectivity index (χ1) is 14.1. The highest BCUT2D eigenvalue weighted by Crippen LogP contribution is 2.28. The maximum atomic E-state index is 12.8. The van der Waals surface area contributed by atoms with Crippen molar-refractivity contribution in [3.63, 3.8) is 0 Å². The van der Waals surface area contributed by atoms with E-state index in [9.17, 15) is 4.79 Å². The van der Waals surface area contributed by atoms with E-state index in [2.05, 4.69) is 5.32 Å². The van der Waals surface area contributed by atoms with Crippen LogP contribution in [-0.4, -0.2) is 18.8 Å². The van der Waals surface area contributed by atoms with Crippen LogP contribution in [-0.2, 0) is 6.61 Å². The molecule has 0 heterocycles. The number of amides is 1. The van der Waals surface area contributed by atoms with Gasteiger partial charge in [-0.25, -0.2) is 0 Å². The minimum Gasteiger partial charge on any atom is -0.493 e. The molecular formula is C23H22ClNO3S. The van der Waals surface area contributed by atoms with Crippen LogP contribution in [0.2, 0.25) is 5.02 Å². The molecular weight excluding hydrogens is 406 g/mol. The van der Waals surface area contributed by atoms with Crippen molar-refractivity contribution in [3.8, 4) is 11.5 Å². The number of hydrogen-bond donors (Lipinski definition) is 1. The number of hydrogen-bond acceptors (Lipinski definition) is 4. The second kappa shape index (κ2) is 10.2. The smallest absolute Gasteiger partial charge is 0.255 e. The Bertz CT molecular complexity index is 993. The van der Waals surface area contributed by atoms with Crippen molar-refractivity contribution in [1.29, 1.82) is 0 Å². The number of halogens is 1. The van der Waals surface area contributed by atoms with Crippen molar-refractivity contribution in [1.82, 2.24) is 0 Å². The Labute approximate surface area is 180 Å². The Hall–Kier alpha value is -2.63. The number of carbonyl (C=O) groups excluding carboxylic acids is 1. The lowest BCUT2D eigenvalue weighted by Crippen LogP contribution is -2.13. The molecule has 0 aliphatic carbocycles. The van der Waals surface area contributed by atoms with Gasteiger partial charge in [-0.05, 0) is 55.6 Å². The van der Waals surface area contributed by atoms with Crippen LogP contribution in [0.5, 0.6) is 11.5 Å². The summed E-state index contributed by atoms with van der Waals surface area (Å²) in [5, 5.41) is 3.51. The Kier molecular flexibility index (Phi) is 7.44. The number of benzene rings is 3. The van der Waals surface area contributed by atoms with Gasteiger partial charge < -0.3 is 14.8 Å². The highest BCUT2D eigenvalue weighted by Gasteiger charge is 2.13. The molecule has 3 rings (SSSR count). The molecule has 0 radical (unpaired) electrons. The van der Waals surface area contributed by atoms with E-state index in [1.807, 2.05) is 49.6 Å². The van der Waals surface area contributed by atoms with Crippen LogP contribution in [0, 0.1) is 0 Å². The number of para-hydroxylation sites is 2. The monoisotopic (exact) mass is 427 g/mol. The van der Waals surface area contributed by atoms with E-state index in [1.54, 1.807) is 42.1 Å². The van der Waals surface area contributed by atoms with Gasteiger partial charge in [0.1, 0.15) is 18.1 Å². The summed E-state index contributed by atoms with van der Waals surface area (Å²) in [6.45, 7) is 2.67. The fourth-order valence-corrected chi connectivity index (χ4v) is 3.53. The van der Waals surface area contributed by atoms with Crippen molar-refractivity contribution in [2.75, 3.05) is 18.2 Å². The lowest BCUT2D eigenvalue weighted by atomic mass is 10.1. The van der Waals surface area contributed by atoms with Crippen LogP contribution in [0.3, 0.4) is 0 Å². The number of thioether (sulfide) groups is 1. The Morgan fingerprint density at radius 1 is 1.00 bits per heavy atom. The molecule has 29 heavy (non-hydrogen) atoms. The van der Waals surface area contributed by atoms with Crippen LogP contribution in [0.15, 0.2) is 71.6 Å². The van der Waals surface area contributed by atoms with Gasteiger partial charge in [-0.15, -0.1) is 11.8 Å². The maximum Gasteiger partial charge on any atom is 0.255 e. The molecule has 3 aromatic rings. The molecule has 0 bridgehead atoms. The molecule has 0 fully saturated rings. The lowest BCUT2D eigenvalue weighted by molar-refractivity contribution is 0.102. The van der Waals surface area contributed by atoms with Crippen molar-refractivity contribution in [2.45, 2.75) is 18.4 Å². The average molecular weight is 428 g/mol. The normalized spacial score (nSPS) is 10.4. The van der Waals surface area contributed by atoms with Gasteiger partial charge in [0, 0.05) is 16.0 Å². The summed E-state index contributed by atoms with van der Waals surface area (Å²) in [6.07, 6.45) is 1.98. The zero-order valence-corrected chi connectivity index (χ0v) is 17.8. The first-order valence-corrected chi connectivity index (χ1v) is 10.8. The summed E-state index contributed by atoms with van der Waals surface area (Å²) in [4.78, 5) is 13.8. The molecule has 0 aliphatic heterocycles. The SMILES string of the molecule is CCOc1ccc(C(=O)Nc2ccccc2SC)cc1COc1ccccc1Cl. The third-order valence-electron chi connectivity index (χ3n) is 4.20. The molecule has 0 aromatic heterocycles. The van der Waals surface area contributed by atoms with E-state index in [0.717, 1.165) is 16.1 Å². The average Bonchev–Trinajstić information content (AvgIpc) is 2.74. The number of ether oxygens (including phenoxy) is 2. The Morgan fingerprint density at radius 3 is 2.52 bits per heavy atom. The second-order valence-corrected chi connectivity index (χ2v) is 7.38. The molecule has 0 unspecified atom stereocenters. The standard InChI is InChI=1S/C23H22ClNO3S/c1-3-27-20-13-12-16(23(26)25-19-9-5-7-11-22(19)29-2)14-17(20)15-28-21-10-6-4-8-18(21)24/h4-14H,3,15H2,1-2H3,(H,25,26). The van der Waals surface area contributed by atoms with Crippen LogP contribution in [0.25, 0.3) is 0 Å². The maximum absolute atomic E-state index is 12.8. The third kappa shape index (κ3) is 5.46. The van der Waals surface area contributed by atoms with E-state index in [4.69, 9.17) is 21.1 Å². The summed E-state index contributed by atoms with van der Waals surface area (Å²) < 4.78 is 11.5. The summed E-state index contributed by atoms with van der Waals surface area (Å²) in [7, 11) is 0. The van der Waals surface area contributed by atoms with Crippen molar-refractivity contribution in [2.24, 2.45) is 0 Å². The summed E-state index contributed by atoms with van der Waals surface area (Å²) in [5.41, 5.74) is 2.09. The van der Waals surface area contributed by atoms with Gasteiger partial charge in [0.25, 0.3) is 5.91 Å². The third-order valence-corrected chi connectivity index (χ3v) is 5.31. The Balaban J connectivity index is 1.81. The van der Waals surface area contributed by atoms with Gasteiger partial charge in [0.05, 0.1) is 17.3 Å². The molecule has 0 atom stereocenters. The van der Waals surface area contributed by atoms with Crippen molar-refractivity contribution >= 4 is 35.0 Å². The predicted octanol–water partition coefficient (Wildman–Crippen LogP) is 6.29. The Morgan fingerprint density at radius 2 is 1.76 bits per heavy atom. The van der Waals surface area contributed by atoms with E-state index >= 15 is 0 Å². The van der Waals surface area contributed by atoms with Gasteiger partial charge in [-0.2, -0.15) is 0 Å². The molecule has 6 heteroatoms. The molecule has 1 amide bonds. The highest BCUT2D eigenvalue weighted by atomic mass is 35.5. The van der Waals surface area contributed by atoms with Crippen LogP contribution in [0.1, 0.15) is 22.8 Å². The van der Waals surface area contributed by atoms with Gasteiger partial charge in [-0.1, -0.05) is 35.9 Å². The second-order valence-electron chi connectivity index (χ2n) is 6.13. The first-order valence-electron chi connectivity index (χ1n) is 9.19. The molecule has 4 nitrogen and oxygen atoms in total. The topological polar surface area (TPSA) is 47.6 Å². The molecule has 3 aromatic carbocycles. The van der Waals surface area contributed by atoms with Gasteiger partial charge in [0.2, 0.25) is 0 Å². The molecule has 150 valence electrons. The molecule has 0 saturated heterocycles. The molecule has 0 aliphatic rings. The van der Waals surface area contributed by atoms with Gasteiger partial charge in [-0.3, -0.25) is 4.79 Å². The predicted molar refractivity (Wildman–Crippen MR) is 120 cm³/mol. The minimum absolute atomic E-state index is 0.187. The largest absolute Gasteiger partial charge is 0.493 e. The van der Waals surface area contributed by atoms with Crippen LogP contribution in [0.4, 0.5) is 5.69 Å². The first kappa shape index (κ1) is 21.1. The molecule has 0 spiro atoms. The highest BCUT2D eigenvalue weighted by molar-refractivity contribution is 7.98. The van der Waals surface area contributed by atoms with Crippen LogP contribution >= 0.6 is 23.4 Å². The molecule has 1 N–H and O–H groups in total. The summed E-state index contributed by atoms with van der Waals surface area (Å²) in [5.74, 6) is 1.08. The zero-order chi connectivity index (χ0) is 20.6. The minimum atomic E-state index is -0.187. The van der Waals surface area contributed by atoms with Gasteiger partial charge in [0.15, 0.2) is 0 Å². The number of nitrogens with one attached hydrogen (secondary N) is 1. The van der Waals surface area contributed by atoms with Crippen molar-refractivity contribution < 1.29 is 14.3 Å². The quantitative estimate of drug-likeness (QED) is 0.429. The molecule has 0 saturated carbocycles. The van der Waals surface area contributed by atoms with Crippen molar-refractivity contribution in [3.05, 3.63) is 82.9 Å². The fourth-order valence-electron chi connectivity index (χ4n) is 2.79. The summed E-state index contributed by atoms with van der Waals surface area (Å²) in [6, 6.07) is 20.3. The van der Waals surface area contributed by atoms with Crippen LogP contribution < -0.4 is 14.8 Å².